The highest BCUT2D eigenvalue weighted by Crippen LogP contribution is 2.39. The molecule has 0 atom stereocenters. The first-order valence-electron chi connectivity index (χ1n) is 7.66. The van der Waals surface area contributed by atoms with Crippen molar-refractivity contribution in [1.82, 2.24) is 0 Å². The lowest BCUT2D eigenvalue weighted by atomic mass is 9.74. The summed E-state index contributed by atoms with van der Waals surface area (Å²) in [6.07, 6.45) is 12.7. The minimum Gasteiger partial charge on any atom is -0.251 e. The first kappa shape index (κ1) is 15.5. The molecule has 0 saturated carbocycles. The molecule has 1 aromatic carbocycles. The molecule has 0 spiro atoms. The van der Waals surface area contributed by atoms with Crippen LogP contribution in [0, 0.1) is 16.7 Å². The van der Waals surface area contributed by atoms with E-state index in [9.17, 15) is 4.39 Å². The molecule has 0 aromatic heterocycles. The third-order valence-corrected chi connectivity index (χ3v) is 4.16. The SMILES string of the molecule is N#CCCCC1(CCCF)C=CC(c2ccccc2)C=C1. The molecular weight excluding hydrogens is 261 g/mol. The predicted octanol–water partition coefficient (Wildman–Crippen LogP) is 5.33. The molecule has 0 saturated heterocycles. The first-order valence-corrected chi connectivity index (χ1v) is 7.66. The van der Waals surface area contributed by atoms with Crippen molar-refractivity contribution in [2.24, 2.45) is 5.41 Å². The number of benzene rings is 1. The number of hydrogen-bond donors (Lipinski definition) is 0. The number of hydrogen-bond acceptors (Lipinski definition) is 1. The number of unbranched alkanes of at least 4 members (excludes halogenated alkanes) is 1. The van der Waals surface area contributed by atoms with Gasteiger partial charge >= 0.3 is 0 Å². The highest BCUT2D eigenvalue weighted by Gasteiger charge is 2.26. The molecule has 1 aromatic rings. The van der Waals surface area contributed by atoms with E-state index >= 15 is 0 Å². The molecule has 0 unspecified atom stereocenters. The second-order valence-corrected chi connectivity index (χ2v) is 5.69. The van der Waals surface area contributed by atoms with Gasteiger partial charge in [-0.3, -0.25) is 4.39 Å². The Kier molecular flexibility index (Phi) is 5.75. The van der Waals surface area contributed by atoms with Crippen LogP contribution >= 0.6 is 0 Å². The van der Waals surface area contributed by atoms with Gasteiger partial charge in [0, 0.05) is 17.8 Å². The van der Waals surface area contributed by atoms with Crippen molar-refractivity contribution < 1.29 is 4.39 Å². The molecule has 2 heteroatoms. The van der Waals surface area contributed by atoms with E-state index in [0.717, 1.165) is 19.3 Å². The average Bonchev–Trinajstić information content (AvgIpc) is 2.55. The Labute approximate surface area is 126 Å². The van der Waals surface area contributed by atoms with Gasteiger partial charge in [0.2, 0.25) is 0 Å². The number of halogens is 1. The molecule has 2 rings (SSSR count). The molecule has 110 valence electrons. The number of rotatable bonds is 7. The quantitative estimate of drug-likeness (QED) is 0.490. The van der Waals surface area contributed by atoms with Crippen molar-refractivity contribution in [2.75, 3.05) is 6.67 Å². The van der Waals surface area contributed by atoms with Crippen LogP contribution in [0.4, 0.5) is 4.39 Å². The van der Waals surface area contributed by atoms with E-state index in [2.05, 4.69) is 54.6 Å². The van der Waals surface area contributed by atoms with Gasteiger partial charge in [0.25, 0.3) is 0 Å². The predicted molar refractivity (Wildman–Crippen MR) is 84.6 cm³/mol. The summed E-state index contributed by atoms with van der Waals surface area (Å²) in [7, 11) is 0. The van der Waals surface area contributed by atoms with Crippen LogP contribution in [0.25, 0.3) is 0 Å². The van der Waals surface area contributed by atoms with E-state index in [4.69, 9.17) is 5.26 Å². The normalized spacial score (nSPS) is 23.9. The Hall–Kier alpha value is -1.88. The maximum atomic E-state index is 12.5. The summed E-state index contributed by atoms with van der Waals surface area (Å²) in [4.78, 5) is 0. The fourth-order valence-corrected chi connectivity index (χ4v) is 2.96. The van der Waals surface area contributed by atoms with Crippen LogP contribution < -0.4 is 0 Å². The Morgan fingerprint density at radius 3 is 2.33 bits per heavy atom. The van der Waals surface area contributed by atoms with Crippen molar-refractivity contribution in [1.29, 1.82) is 5.26 Å². The summed E-state index contributed by atoms with van der Waals surface area (Å²) in [5, 5.41) is 8.70. The molecule has 1 aliphatic rings. The van der Waals surface area contributed by atoms with Gasteiger partial charge in [0.15, 0.2) is 0 Å². The largest absolute Gasteiger partial charge is 0.251 e. The lowest BCUT2D eigenvalue weighted by molar-refractivity contribution is 0.351. The Balaban J connectivity index is 2.07. The van der Waals surface area contributed by atoms with Gasteiger partial charge in [-0.2, -0.15) is 5.26 Å². The van der Waals surface area contributed by atoms with Crippen LogP contribution in [0.3, 0.4) is 0 Å². The second-order valence-electron chi connectivity index (χ2n) is 5.69. The van der Waals surface area contributed by atoms with Crippen LogP contribution in [-0.4, -0.2) is 6.67 Å². The third kappa shape index (κ3) is 4.29. The zero-order valence-corrected chi connectivity index (χ0v) is 12.3. The monoisotopic (exact) mass is 283 g/mol. The molecule has 21 heavy (non-hydrogen) atoms. The Morgan fingerprint density at radius 2 is 1.71 bits per heavy atom. The summed E-state index contributed by atoms with van der Waals surface area (Å²) in [5.74, 6) is 0.306. The summed E-state index contributed by atoms with van der Waals surface area (Å²) in [5.41, 5.74) is 1.22. The Bertz CT molecular complexity index is 510. The summed E-state index contributed by atoms with van der Waals surface area (Å²) < 4.78 is 12.5. The van der Waals surface area contributed by atoms with E-state index in [1.165, 1.54) is 5.56 Å². The number of allylic oxidation sites excluding steroid dienone is 4. The van der Waals surface area contributed by atoms with Gasteiger partial charge in [-0.05, 0) is 31.2 Å². The number of nitrogens with zero attached hydrogens (tertiary/aromatic N) is 1. The van der Waals surface area contributed by atoms with Crippen molar-refractivity contribution >= 4 is 0 Å². The average molecular weight is 283 g/mol. The summed E-state index contributed by atoms with van der Waals surface area (Å²) in [6, 6.07) is 12.6. The molecule has 0 heterocycles. The van der Waals surface area contributed by atoms with Gasteiger partial charge in [-0.15, -0.1) is 0 Å². The Morgan fingerprint density at radius 1 is 1.05 bits per heavy atom. The topological polar surface area (TPSA) is 23.8 Å². The smallest absolute Gasteiger partial charge is 0.0894 e. The van der Waals surface area contributed by atoms with E-state index in [1.54, 1.807) is 0 Å². The van der Waals surface area contributed by atoms with Crippen LogP contribution in [0.2, 0.25) is 0 Å². The number of alkyl halides is 1. The lowest BCUT2D eigenvalue weighted by Gasteiger charge is -2.31. The molecule has 1 nitrogen and oxygen atoms in total. The van der Waals surface area contributed by atoms with Crippen molar-refractivity contribution in [3.05, 3.63) is 60.2 Å². The molecule has 0 amide bonds. The maximum absolute atomic E-state index is 12.5. The van der Waals surface area contributed by atoms with E-state index in [-0.39, 0.29) is 12.1 Å². The maximum Gasteiger partial charge on any atom is 0.0894 e. The van der Waals surface area contributed by atoms with Crippen molar-refractivity contribution in [3.8, 4) is 6.07 Å². The fourth-order valence-electron chi connectivity index (χ4n) is 2.96. The summed E-state index contributed by atoms with van der Waals surface area (Å²) in [6.45, 7) is -0.274. The molecule has 1 aliphatic carbocycles. The van der Waals surface area contributed by atoms with Gasteiger partial charge < -0.3 is 0 Å². The molecule has 0 aliphatic heterocycles. The highest BCUT2D eigenvalue weighted by molar-refractivity contribution is 5.34. The zero-order valence-electron chi connectivity index (χ0n) is 12.3. The fraction of sp³-hybridized carbons (Fsp3) is 0.421. The van der Waals surface area contributed by atoms with Gasteiger partial charge in [0.1, 0.15) is 0 Å². The highest BCUT2D eigenvalue weighted by atomic mass is 19.1. The standard InChI is InChI=1S/C19H22FN/c20-15-6-12-19(11-4-5-16-21)13-9-18(10-14-19)17-7-2-1-3-8-17/h1-3,7-10,13-14,18H,4-6,11-12,15H2. The van der Waals surface area contributed by atoms with Crippen LogP contribution in [0.15, 0.2) is 54.6 Å². The molecular formula is C19H22FN. The second kappa shape index (κ2) is 7.78. The summed E-state index contributed by atoms with van der Waals surface area (Å²) >= 11 is 0. The van der Waals surface area contributed by atoms with Crippen LogP contribution in [0.5, 0.6) is 0 Å². The van der Waals surface area contributed by atoms with Crippen molar-refractivity contribution in [3.63, 3.8) is 0 Å². The van der Waals surface area contributed by atoms with Gasteiger partial charge in [-0.25, -0.2) is 0 Å². The first-order chi connectivity index (χ1) is 10.3. The minimum atomic E-state index is -0.274. The van der Waals surface area contributed by atoms with E-state index in [0.29, 0.717) is 18.8 Å². The molecule has 0 fully saturated rings. The number of nitriles is 1. The van der Waals surface area contributed by atoms with Gasteiger partial charge in [0.05, 0.1) is 12.7 Å². The van der Waals surface area contributed by atoms with Gasteiger partial charge in [-0.1, -0.05) is 54.6 Å². The van der Waals surface area contributed by atoms with Crippen LogP contribution in [0.1, 0.15) is 43.6 Å². The molecule has 0 bridgehead atoms. The van der Waals surface area contributed by atoms with Crippen molar-refractivity contribution in [2.45, 2.75) is 38.0 Å². The molecule has 0 N–H and O–H groups in total. The van der Waals surface area contributed by atoms with Crippen LogP contribution in [-0.2, 0) is 0 Å². The van der Waals surface area contributed by atoms with E-state index in [1.807, 2.05) is 6.07 Å². The molecule has 0 radical (unpaired) electrons. The minimum absolute atomic E-state index is 0.0613. The zero-order chi connectivity index (χ0) is 15.0. The third-order valence-electron chi connectivity index (χ3n) is 4.16. The van der Waals surface area contributed by atoms with E-state index < -0.39 is 0 Å². The lowest BCUT2D eigenvalue weighted by Crippen LogP contribution is -2.18.